The molecule has 0 spiro atoms. The van der Waals surface area contributed by atoms with Crippen LogP contribution in [-0.2, 0) is 0 Å². The third kappa shape index (κ3) is 3.26. The number of aromatic nitrogens is 2. The van der Waals surface area contributed by atoms with E-state index in [0.717, 1.165) is 19.7 Å². The first-order valence-corrected chi connectivity index (χ1v) is 7.43. The van der Waals surface area contributed by atoms with Gasteiger partial charge in [-0.1, -0.05) is 34.9 Å². The monoisotopic (exact) mass is 376 g/mol. The molecule has 1 aromatic carbocycles. The van der Waals surface area contributed by atoms with Gasteiger partial charge in [0.15, 0.2) is 3.92 Å². The van der Waals surface area contributed by atoms with E-state index in [1.807, 2.05) is 12.1 Å². The maximum absolute atomic E-state index is 5.74. The van der Waals surface area contributed by atoms with Gasteiger partial charge in [0.2, 0.25) is 0 Å². The summed E-state index contributed by atoms with van der Waals surface area (Å²) in [7, 11) is 0. The van der Waals surface area contributed by atoms with Crippen molar-refractivity contribution in [2.24, 2.45) is 0 Å². The molecule has 1 heterocycles. The van der Waals surface area contributed by atoms with E-state index in [-0.39, 0.29) is 0 Å². The van der Waals surface area contributed by atoms with Crippen LogP contribution in [-0.4, -0.2) is 10.2 Å². The molecule has 3 nitrogen and oxygen atoms in total. The van der Waals surface area contributed by atoms with E-state index in [1.54, 1.807) is 0 Å². The van der Waals surface area contributed by atoms with E-state index in [1.165, 1.54) is 11.3 Å². The molecule has 2 rings (SSSR count). The summed E-state index contributed by atoms with van der Waals surface area (Å²) >= 11 is 8.10. The van der Waals surface area contributed by atoms with Crippen molar-refractivity contribution in [3.05, 3.63) is 32.2 Å². The summed E-state index contributed by atoms with van der Waals surface area (Å²) in [5.41, 5.74) is 1.14. The van der Waals surface area contributed by atoms with Gasteiger partial charge >= 0.3 is 0 Å². The van der Waals surface area contributed by atoms with Gasteiger partial charge in [-0.3, -0.25) is 0 Å². The molecule has 0 aliphatic carbocycles. The highest BCUT2D eigenvalue weighted by Gasteiger charge is 2.11. The van der Waals surface area contributed by atoms with Gasteiger partial charge in [0.1, 0.15) is 5.75 Å². The van der Waals surface area contributed by atoms with E-state index in [0.29, 0.717) is 11.1 Å². The zero-order chi connectivity index (χ0) is 12.4. The van der Waals surface area contributed by atoms with Crippen LogP contribution in [0.15, 0.2) is 26.6 Å². The number of rotatable bonds is 3. The fraction of sp³-hybridized carbons (Fsp3) is 0.273. The first kappa shape index (κ1) is 13.0. The van der Waals surface area contributed by atoms with Crippen molar-refractivity contribution in [1.29, 1.82) is 0 Å². The lowest BCUT2D eigenvalue weighted by atomic mass is 10.0. The summed E-state index contributed by atoms with van der Waals surface area (Å²) in [6.07, 6.45) is 0. The Hall–Kier alpha value is -0.460. The zero-order valence-corrected chi connectivity index (χ0v) is 13.3. The second kappa shape index (κ2) is 5.46. The molecule has 0 radical (unpaired) electrons. The van der Waals surface area contributed by atoms with E-state index >= 15 is 0 Å². The molecule has 0 aliphatic heterocycles. The quantitative estimate of drug-likeness (QED) is 0.756. The fourth-order valence-electron chi connectivity index (χ4n) is 1.39. The highest BCUT2D eigenvalue weighted by atomic mass is 79.9. The highest BCUT2D eigenvalue weighted by Crippen LogP contribution is 2.34. The molecule has 6 heteroatoms. The average Bonchev–Trinajstić information content (AvgIpc) is 2.66. The van der Waals surface area contributed by atoms with E-state index in [4.69, 9.17) is 4.74 Å². The van der Waals surface area contributed by atoms with E-state index in [9.17, 15) is 0 Å². The largest absolute Gasteiger partial charge is 0.429 e. The van der Waals surface area contributed by atoms with Gasteiger partial charge in [-0.05, 0) is 56.9 Å². The third-order valence-corrected chi connectivity index (χ3v) is 3.90. The van der Waals surface area contributed by atoms with Crippen molar-refractivity contribution in [3.63, 3.8) is 0 Å². The molecule has 0 atom stereocenters. The summed E-state index contributed by atoms with van der Waals surface area (Å²) in [4.78, 5) is 0. The molecule has 0 saturated heterocycles. The molecule has 0 saturated carbocycles. The zero-order valence-electron chi connectivity index (χ0n) is 9.28. The summed E-state index contributed by atoms with van der Waals surface area (Å²) in [5, 5.41) is 8.32. The maximum Gasteiger partial charge on any atom is 0.300 e. The minimum atomic E-state index is 0.388. The lowest BCUT2D eigenvalue weighted by Crippen LogP contribution is -1.93. The van der Waals surface area contributed by atoms with Crippen LogP contribution in [0.2, 0.25) is 0 Å². The van der Waals surface area contributed by atoms with Crippen LogP contribution < -0.4 is 4.74 Å². The minimum absolute atomic E-state index is 0.388. The number of benzene rings is 1. The molecule has 90 valence electrons. The molecule has 0 amide bonds. The van der Waals surface area contributed by atoms with Crippen molar-refractivity contribution < 1.29 is 4.74 Å². The fourth-order valence-corrected chi connectivity index (χ4v) is 2.70. The van der Waals surface area contributed by atoms with Gasteiger partial charge in [0.25, 0.3) is 5.19 Å². The second-order valence-electron chi connectivity index (χ2n) is 3.76. The Morgan fingerprint density at radius 3 is 2.59 bits per heavy atom. The minimum Gasteiger partial charge on any atom is -0.429 e. The summed E-state index contributed by atoms with van der Waals surface area (Å²) in [6, 6.07) is 5.96. The number of hydrogen-bond donors (Lipinski definition) is 0. The second-order valence-corrected chi connectivity index (χ2v) is 6.89. The average molecular weight is 378 g/mol. The third-order valence-electron chi connectivity index (χ3n) is 2.17. The van der Waals surface area contributed by atoms with Crippen molar-refractivity contribution in [2.75, 3.05) is 0 Å². The molecule has 0 unspecified atom stereocenters. The lowest BCUT2D eigenvalue weighted by molar-refractivity contribution is 0.464. The van der Waals surface area contributed by atoms with Crippen LogP contribution in [0.5, 0.6) is 10.9 Å². The maximum atomic E-state index is 5.74. The molecule has 0 aliphatic rings. The normalized spacial score (nSPS) is 10.9. The Bertz CT molecular complexity index is 528. The summed E-state index contributed by atoms with van der Waals surface area (Å²) < 4.78 is 7.51. The van der Waals surface area contributed by atoms with Gasteiger partial charge in [-0.25, -0.2) is 0 Å². The smallest absolute Gasteiger partial charge is 0.300 e. The molecular weight excluding hydrogens is 368 g/mol. The van der Waals surface area contributed by atoms with Gasteiger partial charge in [-0.2, -0.15) is 0 Å². The molecule has 17 heavy (non-hydrogen) atoms. The SMILES string of the molecule is CC(C)c1cc(Br)ccc1Oc1nnc(Br)s1. The van der Waals surface area contributed by atoms with Gasteiger partial charge in [0.05, 0.1) is 0 Å². The van der Waals surface area contributed by atoms with Crippen LogP contribution in [0.1, 0.15) is 25.3 Å². The van der Waals surface area contributed by atoms with Crippen molar-refractivity contribution in [1.82, 2.24) is 10.2 Å². The van der Waals surface area contributed by atoms with E-state index in [2.05, 4.69) is 62.0 Å². The van der Waals surface area contributed by atoms with Crippen LogP contribution >= 0.6 is 43.2 Å². The first-order valence-electron chi connectivity index (χ1n) is 5.02. The number of ether oxygens (including phenoxy) is 1. The van der Waals surface area contributed by atoms with Crippen molar-refractivity contribution in [3.8, 4) is 10.9 Å². The summed E-state index contributed by atoms with van der Waals surface area (Å²) in [5.74, 6) is 1.21. The molecule has 0 N–H and O–H groups in total. The van der Waals surface area contributed by atoms with E-state index < -0.39 is 0 Å². The van der Waals surface area contributed by atoms with Crippen molar-refractivity contribution >= 4 is 43.2 Å². The highest BCUT2D eigenvalue weighted by molar-refractivity contribution is 9.11. The van der Waals surface area contributed by atoms with Crippen LogP contribution in [0, 0.1) is 0 Å². The Balaban J connectivity index is 2.32. The Labute approximate surface area is 120 Å². The Morgan fingerprint density at radius 2 is 2.00 bits per heavy atom. The number of halogens is 2. The van der Waals surface area contributed by atoms with Crippen LogP contribution in [0.4, 0.5) is 0 Å². The number of nitrogens with zero attached hydrogens (tertiary/aromatic N) is 2. The van der Waals surface area contributed by atoms with Gasteiger partial charge < -0.3 is 4.74 Å². The predicted octanol–water partition coefficient (Wildman–Crippen LogP) is 4.98. The number of hydrogen-bond acceptors (Lipinski definition) is 4. The van der Waals surface area contributed by atoms with Gasteiger partial charge in [-0.15, -0.1) is 5.10 Å². The lowest BCUT2D eigenvalue weighted by Gasteiger charge is -2.12. The van der Waals surface area contributed by atoms with Gasteiger partial charge in [0, 0.05) is 4.47 Å². The standard InChI is InChI=1S/C11H10Br2N2OS/c1-6(2)8-5-7(12)3-4-9(8)16-11-15-14-10(13)17-11/h3-6H,1-2H3. The molecule has 2 aromatic rings. The first-order chi connectivity index (χ1) is 8.06. The molecular formula is C11H10Br2N2OS. The Morgan fingerprint density at radius 1 is 1.24 bits per heavy atom. The Kier molecular flexibility index (Phi) is 4.17. The van der Waals surface area contributed by atoms with Crippen LogP contribution in [0.3, 0.4) is 0 Å². The molecule has 0 fully saturated rings. The predicted molar refractivity (Wildman–Crippen MR) is 75.9 cm³/mol. The molecule has 0 bridgehead atoms. The van der Waals surface area contributed by atoms with Crippen molar-refractivity contribution in [2.45, 2.75) is 19.8 Å². The summed E-state index contributed by atoms with van der Waals surface area (Å²) in [6.45, 7) is 4.26. The topological polar surface area (TPSA) is 35.0 Å². The molecule has 1 aromatic heterocycles. The van der Waals surface area contributed by atoms with Crippen LogP contribution in [0.25, 0.3) is 0 Å².